The highest BCUT2D eigenvalue weighted by atomic mass is 17.2. The maximum absolute atomic E-state index is 12.4. The lowest BCUT2D eigenvalue weighted by molar-refractivity contribution is -0.458. The Hall–Kier alpha value is -3.70. The number of rotatable bonds is 8. The quantitative estimate of drug-likeness (QED) is 0.155. The Morgan fingerprint density at radius 3 is 1.64 bits per heavy atom. The van der Waals surface area contributed by atoms with Gasteiger partial charge in [0.15, 0.2) is 43.1 Å². The van der Waals surface area contributed by atoms with Crippen molar-refractivity contribution in [3.63, 3.8) is 0 Å². The first-order valence-electron chi connectivity index (χ1n) is 17.7. The van der Waals surface area contributed by atoms with E-state index in [1.54, 1.807) is 31.2 Å². The summed E-state index contributed by atoms with van der Waals surface area (Å²) in [5.41, 5.74) is 0. The SMILES string of the molecule is CO[C@H]1O[C@H](C)[C@@H](O[C@@H]2O[C@H](COC(C)=O)[C@H](OC(C)=O)[C@H](OC(C)=O)[C@H]2OC(C)=O)[C@@H]2OOCCOCCOc3ccc(cc3)OCCOCCOO[C@@H]12. The lowest BCUT2D eigenvalue weighted by Gasteiger charge is -2.48. The van der Waals surface area contributed by atoms with Gasteiger partial charge in [-0.15, -0.1) is 0 Å². The van der Waals surface area contributed by atoms with Crippen molar-refractivity contribution in [3.8, 4) is 11.5 Å². The number of methoxy groups -OCH3 is 1. The largest absolute Gasteiger partial charge is 0.491 e. The normalized spacial score (nSPS) is 31.5. The van der Waals surface area contributed by atoms with Crippen LogP contribution >= 0.6 is 0 Å². The molecule has 0 spiro atoms. The number of hydrogen-bond donors (Lipinski definition) is 0. The van der Waals surface area contributed by atoms with Crippen molar-refractivity contribution in [3.05, 3.63) is 24.3 Å². The van der Waals surface area contributed by atoms with Crippen molar-refractivity contribution >= 4 is 23.9 Å². The van der Waals surface area contributed by atoms with Crippen LogP contribution in [0.4, 0.5) is 0 Å². The third-order valence-corrected chi connectivity index (χ3v) is 8.00. The van der Waals surface area contributed by atoms with Gasteiger partial charge in [-0.05, 0) is 31.2 Å². The van der Waals surface area contributed by atoms with Crippen molar-refractivity contribution in [2.45, 2.75) is 96.0 Å². The summed E-state index contributed by atoms with van der Waals surface area (Å²) in [6, 6.07) is 7.13. The van der Waals surface area contributed by atoms with Crippen LogP contribution in [-0.2, 0) is 86.1 Å². The van der Waals surface area contributed by atoms with Crippen LogP contribution in [0.15, 0.2) is 24.3 Å². The molecule has 10 atom stereocenters. The average Bonchev–Trinajstić information content (AvgIpc) is 3.13. The molecule has 2 bridgehead atoms. The second kappa shape index (κ2) is 22.8. The summed E-state index contributed by atoms with van der Waals surface area (Å²) >= 11 is 0. The molecule has 0 saturated carbocycles. The van der Waals surface area contributed by atoms with Gasteiger partial charge in [0.2, 0.25) is 0 Å². The van der Waals surface area contributed by atoms with Crippen molar-refractivity contribution < 1.29 is 95.6 Å². The molecule has 0 amide bonds. The topological polar surface area (TPSA) is 216 Å². The van der Waals surface area contributed by atoms with E-state index < -0.39 is 91.9 Å². The third-order valence-electron chi connectivity index (χ3n) is 8.00. The van der Waals surface area contributed by atoms with Gasteiger partial charge < -0.3 is 56.8 Å². The molecule has 4 heterocycles. The van der Waals surface area contributed by atoms with E-state index in [4.69, 9.17) is 76.4 Å². The predicted molar refractivity (Wildman–Crippen MR) is 179 cm³/mol. The molecule has 2 fully saturated rings. The number of carbonyl (C=O) groups excluding carboxylic acids is 4. The molecule has 2 saturated heterocycles. The predicted octanol–water partition coefficient (Wildman–Crippen LogP) is 0.984. The first kappa shape index (κ1) is 44.0. The molecule has 310 valence electrons. The fourth-order valence-electron chi connectivity index (χ4n) is 5.73. The van der Waals surface area contributed by atoms with Crippen LogP contribution in [0.1, 0.15) is 34.6 Å². The summed E-state index contributed by atoms with van der Waals surface area (Å²) in [5.74, 6) is -1.80. The first-order chi connectivity index (χ1) is 26.5. The van der Waals surface area contributed by atoms with Crippen LogP contribution in [0.25, 0.3) is 0 Å². The zero-order chi connectivity index (χ0) is 39.7. The van der Waals surface area contributed by atoms with E-state index in [1.807, 2.05) is 0 Å². The van der Waals surface area contributed by atoms with E-state index in [0.717, 1.165) is 27.7 Å². The van der Waals surface area contributed by atoms with E-state index >= 15 is 0 Å². The van der Waals surface area contributed by atoms with Crippen molar-refractivity contribution in [2.75, 3.05) is 66.6 Å². The third kappa shape index (κ3) is 14.1. The van der Waals surface area contributed by atoms with E-state index in [9.17, 15) is 19.2 Å². The Bertz CT molecular complexity index is 1340. The molecule has 4 aliphatic rings. The molecule has 20 heteroatoms. The smallest absolute Gasteiger partial charge is 0.303 e. The molecule has 0 unspecified atom stereocenters. The Kier molecular flexibility index (Phi) is 18.2. The van der Waals surface area contributed by atoms with Crippen LogP contribution in [0.3, 0.4) is 0 Å². The first-order valence-corrected chi connectivity index (χ1v) is 17.7. The second-order valence-electron chi connectivity index (χ2n) is 12.3. The molecule has 0 radical (unpaired) electrons. The maximum atomic E-state index is 12.4. The summed E-state index contributed by atoms with van der Waals surface area (Å²) in [6.07, 6.45) is -12.8. The fraction of sp³-hybridized carbons (Fsp3) is 0.714. The molecule has 0 aromatic heterocycles. The molecule has 1 aromatic carbocycles. The van der Waals surface area contributed by atoms with Crippen molar-refractivity contribution in [1.82, 2.24) is 0 Å². The standard InChI is InChI=1S/C35H50O20/c1-20-28(53-35-32(51-24(5)39)30(50-23(4)38)29(49-22(3)37)27(52-35)19-45-21(2)36)31-33(34(40-6)48-20)55-47-18-14-42-12-16-44-26-9-7-25(8-10-26)43-15-11-41-13-17-46-54-31/h7-10,20,27-35H,11-19H2,1-6H3/t20-,27-,28-,29+,30+,31+,32-,33-,34+,35+/m1/s1. The average molecular weight is 791 g/mol. The molecule has 0 N–H and O–H groups in total. The zero-order valence-electron chi connectivity index (χ0n) is 31.6. The monoisotopic (exact) mass is 790 g/mol. The van der Waals surface area contributed by atoms with Crippen LogP contribution in [0.2, 0.25) is 0 Å². The maximum Gasteiger partial charge on any atom is 0.303 e. The summed E-state index contributed by atoms with van der Waals surface area (Å²) in [5, 5.41) is 0. The molecular formula is C35H50O20. The molecule has 20 nitrogen and oxygen atoms in total. The van der Waals surface area contributed by atoms with Gasteiger partial charge in [0, 0.05) is 34.8 Å². The minimum Gasteiger partial charge on any atom is -0.491 e. The fourth-order valence-corrected chi connectivity index (χ4v) is 5.73. The van der Waals surface area contributed by atoms with Crippen LogP contribution < -0.4 is 9.47 Å². The van der Waals surface area contributed by atoms with E-state index in [0.29, 0.717) is 11.5 Å². The molecule has 0 aliphatic carbocycles. The van der Waals surface area contributed by atoms with Crippen LogP contribution in [0, 0.1) is 0 Å². The lowest BCUT2D eigenvalue weighted by atomic mass is 9.96. The number of carbonyl (C=O) groups is 4. The molecule has 55 heavy (non-hydrogen) atoms. The summed E-state index contributed by atoms with van der Waals surface area (Å²) in [6.45, 7) is 6.87. The van der Waals surface area contributed by atoms with Crippen molar-refractivity contribution in [1.29, 1.82) is 0 Å². The Balaban J connectivity index is 1.58. The van der Waals surface area contributed by atoms with Gasteiger partial charge in [-0.1, -0.05) is 0 Å². The number of fused-ring (bicyclic) bond motifs is 16. The Labute approximate surface area is 317 Å². The molecule has 1 aromatic rings. The van der Waals surface area contributed by atoms with Gasteiger partial charge in [0.05, 0.1) is 32.5 Å². The summed E-state index contributed by atoms with van der Waals surface area (Å²) in [7, 11) is 1.38. The molecule has 4 aliphatic heterocycles. The van der Waals surface area contributed by atoms with Crippen molar-refractivity contribution in [2.24, 2.45) is 0 Å². The highest BCUT2D eigenvalue weighted by Gasteiger charge is 2.56. The van der Waals surface area contributed by atoms with E-state index in [2.05, 4.69) is 0 Å². The van der Waals surface area contributed by atoms with Gasteiger partial charge in [-0.2, -0.15) is 0 Å². The highest BCUT2D eigenvalue weighted by Crippen LogP contribution is 2.35. The minimum atomic E-state index is -1.58. The lowest BCUT2D eigenvalue weighted by Crippen LogP contribution is -2.66. The van der Waals surface area contributed by atoms with E-state index in [1.165, 1.54) is 7.11 Å². The van der Waals surface area contributed by atoms with Crippen LogP contribution in [-0.4, -0.2) is 152 Å². The van der Waals surface area contributed by atoms with Crippen LogP contribution in [0.5, 0.6) is 11.5 Å². The summed E-state index contributed by atoms with van der Waals surface area (Å²) in [4.78, 5) is 71.4. The second-order valence-corrected chi connectivity index (χ2v) is 12.3. The highest BCUT2D eigenvalue weighted by molar-refractivity contribution is 5.68. The zero-order valence-corrected chi connectivity index (χ0v) is 31.6. The molecular weight excluding hydrogens is 740 g/mol. The molecule has 5 rings (SSSR count). The summed E-state index contributed by atoms with van der Waals surface area (Å²) < 4.78 is 68.6. The number of benzene rings is 1. The Morgan fingerprint density at radius 2 is 1.11 bits per heavy atom. The minimum absolute atomic E-state index is 0.0266. The van der Waals surface area contributed by atoms with Gasteiger partial charge >= 0.3 is 23.9 Å². The number of hydrogen-bond acceptors (Lipinski definition) is 20. The number of esters is 4. The number of ether oxygens (including phenoxy) is 12. The van der Waals surface area contributed by atoms with Gasteiger partial charge in [0.1, 0.15) is 56.7 Å². The van der Waals surface area contributed by atoms with Gasteiger partial charge in [-0.3, -0.25) is 19.2 Å². The van der Waals surface area contributed by atoms with Gasteiger partial charge in [-0.25, -0.2) is 19.6 Å². The van der Waals surface area contributed by atoms with E-state index in [-0.39, 0.29) is 52.9 Å². The van der Waals surface area contributed by atoms with Gasteiger partial charge in [0.25, 0.3) is 0 Å². The Morgan fingerprint density at radius 1 is 0.600 bits per heavy atom.